The number of aryl methyl sites for hydroxylation is 1. The molecule has 1 heterocycles. The van der Waals surface area contributed by atoms with E-state index in [4.69, 9.17) is 26.0 Å². The van der Waals surface area contributed by atoms with Crippen molar-refractivity contribution in [1.82, 2.24) is 10.6 Å². The summed E-state index contributed by atoms with van der Waals surface area (Å²) in [5.74, 6) is 0.977. The van der Waals surface area contributed by atoms with Crippen LogP contribution < -0.4 is 10.6 Å². The number of nitrogens with one attached hydrogen (secondary N) is 2. The third-order valence-corrected chi connectivity index (χ3v) is 6.67. The summed E-state index contributed by atoms with van der Waals surface area (Å²) in [7, 11) is 1.48. The predicted octanol–water partition coefficient (Wildman–Crippen LogP) is 5.70. The largest absolute Gasteiger partial charge is 0.497 e. The maximum absolute atomic E-state index is 13.1. The topological polar surface area (TPSA) is 108 Å². The normalized spacial score (nSPS) is 13.3. The van der Waals surface area contributed by atoms with Crippen molar-refractivity contribution in [3.8, 4) is 6.07 Å². The summed E-state index contributed by atoms with van der Waals surface area (Å²) in [5.41, 5.74) is 5.53. The van der Waals surface area contributed by atoms with E-state index in [1.165, 1.54) is 24.3 Å². The number of ether oxygens (including phenoxy) is 1. The Morgan fingerprint density at radius 3 is 2.48 bits per heavy atom. The average Bonchev–Trinajstić information content (AvgIpc) is 3.45. The second kappa shape index (κ2) is 14.9. The summed E-state index contributed by atoms with van der Waals surface area (Å²) in [4.78, 5) is 13.1. The van der Waals surface area contributed by atoms with Gasteiger partial charge in [0.05, 0.1) is 49.1 Å². The van der Waals surface area contributed by atoms with Gasteiger partial charge in [-0.05, 0) is 61.7 Å². The number of aliphatic hydroxyl groups excluding tert-OH is 1. The van der Waals surface area contributed by atoms with Gasteiger partial charge in [0.1, 0.15) is 17.3 Å². The number of allylic oxidation sites excluding steroid dienone is 1. The first kappa shape index (κ1) is 30.5. The van der Waals surface area contributed by atoms with Crippen LogP contribution in [-0.2, 0) is 22.5 Å². The smallest absolute Gasteiger partial charge is 0.252 e. The maximum atomic E-state index is 13.1. The van der Waals surface area contributed by atoms with Crippen LogP contribution in [0.2, 0.25) is 0 Å². The fourth-order valence-corrected chi connectivity index (χ4v) is 4.14. The standard InChI is InChI=1S/C32H34ClN3O4/c1-21-5-11-26(12-6-21)22(2)35-19-29-13-14-31(40-29)30(23(3)39-4)16-27(17-33)32(38)36-28(20-37)15-24-7-9-25(18-34)10-8-24/h5-14,16-17,22,28,35,37H,3,15,19-20H2,1-2,4H3,(H,36,38)/b27-17-,30-16+/t22?,28-/m1/s1. The van der Waals surface area contributed by atoms with Gasteiger partial charge >= 0.3 is 0 Å². The molecule has 0 bridgehead atoms. The van der Waals surface area contributed by atoms with Crippen LogP contribution in [0.1, 0.15) is 46.7 Å². The van der Waals surface area contributed by atoms with Crippen molar-refractivity contribution in [2.45, 2.75) is 38.9 Å². The molecule has 2 atom stereocenters. The quantitative estimate of drug-likeness (QED) is 0.141. The first-order chi connectivity index (χ1) is 19.3. The van der Waals surface area contributed by atoms with E-state index in [0.29, 0.717) is 41.4 Å². The first-order valence-electron chi connectivity index (χ1n) is 12.8. The zero-order valence-electron chi connectivity index (χ0n) is 22.9. The monoisotopic (exact) mass is 559 g/mol. The molecule has 3 aromatic rings. The molecule has 0 saturated carbocycles. The highest BCUT2D eigenvalue weighted by Crippen LogP contribution is 2.27. The number of hydrogen-bond acceptors (Lipinski definition) is 6. The van der Waals surface area contributed by atoms with Crippen LogP contribution in [0.3, 0.4) is 0 Å². The molecule has 3 N–H and O–H groups in total. The van der Waals surface area contributed by atoms with E-state index in [0.717, 1.165) is 11.1 Å². The number of hydrogen-bond donors (Lipinski definition) is 3. The van der Waals surface area contributed by atoms with Crippen LogP contribution in [0, 0.1) is 18.3 Å². The number of methoxy groups -OCH3 is 1. The van der Waals surface area contributed by atoms with Crippen LogP contribution in [0.15, 0.2) is 94.6 Å². The Hall–Kier alpha value is -4.09. The number of nitriles is 1. The Morgan fingerprint density at radius 1 is 1.18 bits per heavy atom. The second-order valence-corrected chi connectivity index (χ2v) is 9.61. The van der Waals surface area contributed by atoms with Gasteiger partial charge in [-0.1, -0.05) is 60.1 Å². The average molecular weight is 560 g/mol. The van der Waals surface area contributed by atoms with Crippen molar-refractivity contribution in [2.75, 3.05) is 13.7 Å². The van der Waals surface area contributed by atoms with Gasteiger partial charge in [0.15, 0.2) is 0 Å². The van der Waals surface area contributed by atoms with Gasteiger partial charge in [-0.15, -0.1) is 0 Å². The Kier molecular flexibility index (Phi) is 11.3. The molecule has 1 aromatic heterocycles. The molecule has 0 spiro atoms. The summed E-state index contributed by atoms with van der Waals surface area (Å²) in [6.07, 6.45) is 1.91. The highest BCUT2D eigenvalue weighted by atomic mass is 35.5. The second-order valence-electron chi connectivity index (χ2n) is 9.39. The molecular formula is C32H34ClN3O4. The summed E-state index contributed by atoms with van der Waals surface area (Å²) in [6.45, 7) is 8.30. The molecule has 0 aliphatic carbocycles. The fourth-order valence-electron chi connectivity index (χ4n) is 3.98. The summed E-state index contributed by atoms with van der Waals surface area (Å²) < 4.78 is 11.4. The number of furan rings is 1. The maximum Gasteiger partial charge on any atom is 0.252 e. The van der Waals surface area contributed by atoms with Gasteiger partial charge < -0.3 is 24.9 Å². The van der Waals surface area contributed by atoms with E-state index >= 15 is 0 Å². The summed E-state index contributed by atoms with van der Waals surface area (Å²) >= 11 is 6.05. The molecule has 0 aliphatic heterocycles. The number of carbonyl (C=O) groups excluding carboxylic acids is 1. The van der Waals surface area contributed by atoms with Crippen LogP contribution in [-0.4, -0.2) is 30.8 Å². The number of benzene rings is 2. The van der Waals surface area contributed by atoms with Crippen molar-refractivity contribution < 1.29 is 19.1 Å². The third-order valence-electron chi connectivity index (χ3n) is 6.43. The van der Waals surface area contributed by atoms with Crippen molar-refractivity contribution >= 4 is 23.1 Å². The fraction of sp³-hybridized carbons (Fsp3) is 0.250. The van der Waals surface area contributed by atoms with Crippen molar-refractivity contribution in [3.05, 3.63) is 124 Å². The molecule has 0 fully saturated rings. The molecule has 0 radical (unpaired) electrons. The summed E-state index contributed by atoms with van der Waals surface area (Å²) in [6, 6.07) is 20.6. The van der Waals surface area contributed by atoms with Crippen LogP contribution in [0.25, 0.3) is 5.57 Å². The van der Waals surface area contributed by atoms with Crippen molar-refractivity contribution in [2.24, 2.45) is 0 Å². The van der Waals surface area contributed by atoms with Crippen molar-refractivity contribution in [1.29, 1.82) is 5.26 Å². The Bertz CT molecular complexity index is 1400. The van der Waals surface area contributed by atoms with Gasteiger partial charge in [0, 0.05) is 11.6 Å². The van der Waals surface area contributed by atoms with Gasteiger partial charge in [-0.25, -0.2) is 0 Å². The Balaban J connectivity index is 1.71. The van der Waals surface area contributed by atoms with E-state index in [1.54, 1.807) is 30.3 Å². The molecule has 0 saturated heterocycles. The molecule has 0 aliphatic rings. The minimum atomic E-state index is -0.564. The van der Waals surface area contributed by atoms with E-state index < -0.39 is 11.9 Å². The van der Waals surface area contributed by atoms with Gasteiger partial charge in [-0.3, -0.25) is 4.79 Å². The molecule has 7 nitrogen and oxygen atoms in total. The van der Waals surface area contributed by atoms with E-state index in [9.17, 15) is 9.90 Å². The Morgan fingerprint density at radius 2 is 1.88 bits per heavy atom. The van der Waals surface area contributed by atoms with Gasteiger partial charge in [0.25, 0.3) is 5.91 Å². The van der Waals surface area contributed by atoms with Crippen LogP contribution in [0.5, 0.6) is 0 Å². The Labute approximate surface area is 240 Å². The zero-order chi connectivity index (χ0) is 29.1. The molecule has 2 aromatic carbocycles. The lowest BCUT2D eigenvalue weighted by Crippen LogP contribution is -2.39. The highest BCUT2D eigenvalue weighted by molar-refractivity contribution is 6.28. The molecule has 208 valence electrons. The molecular weight excluding hydrogens is 526 g/mol. The molecule has 3 rings (SSSR count). The molecule has 40 heavy (non-hydrogen) atoms. The minimum Gasteiger partial charge on any atom is -0.497 e. The third kappa shape index (κ3) is 8.45. The van der Waals surface area contributed by atoms with E-state index in [-0.39, 0.29) is 18.2 Å². The van der Waals surface area contributed by atoms with Gasteiger partial charge in [0.2, 0.25) is 0 Å². The predicted molar refractivity (Wildman–Crippen MR) is 157 cm³/mol. The lowest BCUT2D eigenvalue weighted by molar-refractivity contribution is -0.118. The van der Waals surface area contributed by atoms with Crippen LogP contribution >= 0.6 is 11.6 Å². The summed E-state index contributed by atoms with van der Waals surface area (Å²) in [5, 5.41) is 25.1. The van der Waals surface area contributed by atoms with Crippen LogP contribution in [0.4, 0.5) is 0 Å². The lowest BCUT2D eigenvalue weighted by atomic mass is 10.0. The molecule has 1 amide bonds. The lowest BCUT2D eigenvalue weighted by Gasteiger charge is -2.17. The minimum absolute atomic E-state index is 0.122. The van der Waals surface area contributed by atoms with Crippen molar-refractivity contribution in [3.63, 3.8) is 0 Å². The number of aliphatic hydroxyl groups is 1. The number of nitrogens with zero attached hydrogens (tertiary/aromatic N) is 1. The zero-order valence-corrected chi connectivity index (χ0v) is 23.7. The number of carbonyl (C=O) groups is 1. The number of halogens is 1. The molecule has 8 heteroatoms. The van der Waals surface area contributed by atoms with E-state index in [1.807, 2.05) is 6.07 Å². The van der Waals surface area contributed by atoms with E-state index in [2.05, 4.69) is 61.4 Å². The van der Waals surface area contributed by atoms with Gasteiger partial charge in [-0.2, -0.15) is 5.26 Å². The highest BCUT2D eigenvalue weighted by Gasteiger charge is 2.19. The SMILES string of the molecule is C=C(OC)/C(=C\C(=C\Cl)C(=O)N[C@@H](CO)Cc1ccc(C#N)cc1)c1ccc(CNC(C)c2ccc(C)cc2)o1. The first-order valence-corrected chi connectivity index (χ1v) is 13.3. The number of rotatable bonds is 13. The molecule has 1 unspecified atom stereocenters. The number of amides is 1.